The maximum absolute atomic E-state index is 11.8. The number of hydrogen-bond acceptors (Lipinski definition) is 6. The summed E-state index contributed by atoms with van der Waals surface area (Å²) in [5.74, 6) is -1.47. The Balaban J connectivity index is 2.87. The zero-order chi connectivity index (χ0) is 17.9. The Labute approximate surface area is 141 Å². The van der Waals surface area contributed by atoms with E-state index in [1.54, 1.807) is 24.3 Å². The summed E-state index contributed by atoms with van der Waals surface area (Å²) in [4.78, 5) is 34.8. The summed E-state index contributed by atoms with van der Waals surface area (Å²) in [6.07, 6.45) is 3.20. The standard InChI is InChI=1S/C17H22N2O5/c1-4-5-9-15(20)19-13-8-6-7-12(10-13)18-14(17(22)24-3)11-16(21)23-2/h6-8,10-11,18H,4-5,9H2,1-3H3,(H,19,20)/b14-11+. The molecule has 1 aromatic rings. The van der Waals surface area contributed by atoms with Crippen molar-refractivity contribution in [3.05, 3.63) is 36.0 Å². The number of unbranched alkanes of at least 4 members (excludes halogenated alkanes) is 1. The molecule has 0 spiro atoms. The predicted molar refractivity (Wildman–Crippen MR) is 90.3 cm³/mol. The number of hydrogen-bond donors (Lipinski definition) is 2. The van der Waals surface area contributed by atoms with E-state index in [0.29, 0.717) is 17.8 Å². The van der Waals surface area contributed by atoms with Crippen LogP contribution in [0.15, 0.2) is 36.0 Å². The van der Waals surface area contributed by atoms with Gasteiger partial charge in [-0.2, -0.15) is 0 Å². The number of ether oxygens (including phenoxy) is 2. The number of carbonyl (C=O) groups is 3. The molecule has 0 saturated heterocycles. The Morgan fingerprint density at radius 2 is 1.75 bits per heavy atom. The first-order chi connectivity index (χ1) is 11.5. The van der Waals surface area contributed by atoms with Crippen LogP contribution in [0, 0.1) is 0 Å². The van der Waals surface area contributed by atoms with E-state index >= 15 is 0 Å². The molecule has 1 rings (SSSR count). The van der Waals surface area contributed by atoms with E-state index in [1.165, 1.54) is 14.2 Å². The lowest BCUT2D eigenvalue weighted by Crippen LogP contribution is -2.16. The van der Waals surface area contributed by atoms with Crippen LogP contribution in [0.4, 0.5) is 11.4 Å². The van der Waals surface area contributed by atoms with Crippen LogP contribution in [0.3, 0.4) is 0 Å². The third-order valence-electron chi connectivity index (χ3n) is 3.05. The third-order valence-corrected chi connectivity index (χ3v) is 3.05. The highest BCUT2D eigenvalue weighted by Gasteiger charge is 2.13. The summed E-state index contributed by atoms with van der Waals surface area (Å²) >= 11 is 0. The minimum Gasteiger partial charge on any atom is -0.466 e. The number of nitrogens with one attached hydrogen (secondary N) is 2. The van der Waals surface area contributed by atoms with E-state index < -0.39 is 11.9 Å². The summed E-state index contributed by atoms with van der Waals surface area (Å²) in [6, 6.07) is 6.79. The molecule has 0 aliphatic rings. The lowest BCUT2D eigenvalue weighted by Gasteiger charge is -2.11. The lowest BCUT2D eigenvalue weighted by molar-refractivity contribution is -0.138. The highest BCUT2D eigenvalue weighted by molar-refractivity contribution is 5.99. The molecular formula is C17H22N2O5. The number of rotatable bonds is 8. The molecule has 0 aliphatic heterocycles. The van der Waals surface area contributed by atoms with Gasteiger partial charge in [0, 0.05) is 17.8 Å². The number of benzene rings is 1. The molecule has 0 radical (unpaired) electrons. The van der Waals surface area contributed by atoms with Gasteiger partial charge in [0.1, 0.15) is 5.70 Å². The second-order valence-corrected chi connectivity index (χ2v) is 4.93. The quantitative estimate of drug-likeness (QED) is 0.560. The van der Waals surface area contributed by atoms with Crippen molar-refractivity contribution in [2.24, 2.45) is 0 Å². The van der Waals surface area contributed by atoms with Crippen LogP contribution in [-0.2, 0) is 23.9 Å². The van der Waals surface area contributed by atoms with E-state index in [9.17, 15) is 14.4 Å². The van der Waals surface area contributed by atoms with Gasteiger partial charge in [-0.05, 0) is 24.6 Å². The van der Waals surface area contributed by atoms with Gasteiger partial charge in [0.05, 0.1) is 20.3 Å². The molecule has 0 aromatic heterocycles. The highest BCUT2D eigenvalue weighted by atomic mass is 16.5. The molecule has 1 aromatic carbocycles. The number of esters is 2. The van der Waals surface area contributed by atoms with Gasteiger partial charge in [-0.3, -0.25) is 4.79 Å². The summed E-state index contributed by atoms with van der Waals surface area (Å²) in [7, 11) is 2.42. The van der Waals surface area contributed by atoms with Crippen LogP contribution in [0.5, 0.6) is 0 Å². The van der Waals surface area contributed by atoms with Crippen molar-refractivity contribution >= 4 is 29.2 Å². The molecule has 1 amide bonds. The first-order valence-corrected chi connectivity index (χ1v) is 7.55. The fourth-order valence-corrected chi connectivity index (χ4v) is 1.82. The smallest absolute Gasteiger partial charge is 0.354 e. The minimum atomic E-state index is -0.710. The number of amides is 1. The third kappa shape index (κ3) is 6.51. The molecule has 0 aliphatic carbocycles. The average Bonchev–Trinajstić information content (AvgIpc) is 2.58. The van der Waals surface area contributed by atoms with Crippen LogP contribution in [0.2, 0.25) is 0 Å². The van der Waals surface area contributed by atoms with Crippen LogP contribution in [-0.4, -0.2) is 32.1 Å². The van der Waals surface area contributed by atoms with Gasteiger partial charge < -0.3 is 20.1 Å². The van der Waals surface area contributed by atoms with Gasteiger partial charge in [0.25, 0.3) is 0 Å². The van der Waals surface area contributed by atoms with Crippen molar-refractivity contribution in [2.45, 2.75) is 26.2 Å². The lowest BCUT2D eigenvalue weighted by atomic mass is 10.2. The molecule has 0 bridgehead atoms. The Kier molecular flexibility index (Phi) is 8.04. The molecule has 0 saturated carbocycles. The monoisotopic (exact) mass is 334 g/mol. The molecular weight excluding hydrogens is 312 g/mol. The second-order valence-electron chi connectivity index (χ2n) is 4.93. The minimum absolute atomic E-state index is 0.0705. The van der Waals surface area contributed by atoms with Gasteiger partial charge in [-0.15, -0.1) is 0 Å². The number of carbonyl (C=O) groups excluding carboxylic acids is 3. The molecule has 130 valence electrons. The molecule has 2 N–H and O–H groups in total. The largest absolute Gasteiger partial charge is 0.466 e. The SMILES string of the molecule is CCCCC(=O)Nc1cccc(N/C(=C/C(=O)OC)C(=O)OC)c1. The van der Waals surface area contributed by atoms with Gasteiger partial charge in [0.15, 0.2) is 0 Å². The maximum Gasteiger partial charge on any atom is 0.354 e. The maximum atomic E-state index is 11.8. The van der Waals surface area contributed by atoms with E-state index in [0.717, 1.165) is 18.9 Å². The first-order valence-electron chi connectivity index (χ1n) is 7.55. The van der Waals surface area contributed by atoms with Crippen molar-refractivity contribution in [3.63, 3.8) is 0 Å². The van der Waals surface area contributed by atoms with Crippen LogP contribution in [0.25, 0.3) is 0 Å². The van der Waals surface area contributed by atoms with E-state index in [-0.39, 0.29) is 11.6 Å². The Morgan fingerprint density at radius 3 is 2.33 bits per heavy atom. The molecule has 0 heterocycles. The van der Waals surface area contributed by atoms with Crippen LogP contribution < -0.4 is 10.6 Å². The van der Waals surface area contributed by atoms with Gasteiger partial charge in [-0.1, -0.05) is 19.4 Å². The Hall–Kier alpha value is -2.83. The summed E-state index contributed by atoms with van der Waals surface area (Å²) < 4.78 is 9.13. The van der Waals surface area contributed by atoms with E-state index in [1.807, 2.05) is 6.92 Å². The van der Waals surface area contributed by atoms with Crippen molar-refractivity contribution < 1.29 is 23.9 Å². The number of methoxy groups -OCH3 is 2. The van der Waals surface area contributed by atoms with Crippen LogP contribution in [0.1, 0.15) is 26.2 Å². The van der Waals surface area contributed by atoms with E-state index in [4.69, 9.17) is 0 Å². The molecule has 7 heteroatoms. The van der Waals surface area contributed by atoms with Gasteiger partial charge >= 0.3 is 11.9 Å². The fraction of sp³-hybridized carbons (Fsp3) is 0.353. The zero-order valence-electron chi connectivity index (χ0n) is 14.0. The Morgan fingerprint density at radius 1 is 1.08 bits per heavy atom. The molecule has 7 nitrogen and oxygen atoms in total. The summed E-state index contributed by atoms with van der Waals surface area (Å²) in [5.41, 5.74) is 1.03. The predicted octanol–water partition coefficient (Wildman–Crippen LogP) is 2.46. The number of anilines is 2. The summed E-state index contributed by atoms with van der Waals surface area (Å²) in [5, 5.41) is 5.57. The van der Waals surface area contributed by atoms with Crippen molar-refractivity contribution in [2.75, 3.05) is 24.9 Å². The molecule has 24 heavy (non-hydrogen) atoms. The van der Waals surface area contributed by atoms with E-state index in [2.05, 4.69) is 20.1 Å². The average molecular weight is 334 g/mol. The van der Waals surface area contributed by atoms with Crippen molar-refractivity contribution in [1.82, 2.24) is 0 Å². The molecule has 0 fully saturated rings. The molecule has 0 unspecified atom stereocenters. The summed E-state index contributed by atoms with van der Waals surface area (Å²) in [6.45, 7) is 2.01. The van der Waals surface area contributed by atoms with Gasteiger partial charge in [0.2, 0.25) is 5.91 Å². The topological polar surface area (TPSA) is 93.7 Å². The second kappa shape index (κ2) is 10.0. The van der Waals surface area contributed by atoms with Crippen molar-refractivity contribution in [1.29, 1.82) is 0 Å². The van der Waals surface area contributed by atoms with Gasteiger partial charge in [-0.25, -0.2) is 9.59 Å². The Bertz CT molecular complexity index is 625. The van der Waals surface area contributed by atoms with Crippen LogP contribution >= 0.6 is 0 Å². The first kappa shape index (κ1) is 19.2. The fourth-order valence-electron chi connectivity index (χ4n) is 1.82. The molecule has 0 atom stereocenters. The highest BCUT2D eigenvalue weighted by Crippen LogP contribution is 2.18. The zero-order valence-corrected chi connectivity index (χ0v) is 14.0. The normalized spacial score (nSPS) is 10.7. The van der Waals surface area contributed by atoms with Crippen molar-refractivity contribution in [3.8, 4) is 0 Å².